The molecule has 0 aliphatic rings. The molecule has 0 fully saturated rings. The van der Waals surface area contributed by atoms with Crippen LogP contribution in [0.15, 0.2) is 36.4 Å². The van der Waals surface area contributed by atoms with Crippen molar-refractivity contribution in [2.75, 3.05) is 12.4 Å². The fourth-order valence-electron chi connectivity index (χ4n) is 1.90. The van der Waals surface area contributed by atoms with Gasteiger partial charge in [0.25, 0.3) is 0 Å². The van der Waals surface area contributed by atoms with Crippen LogP contribution in [0.3, 0.4) is 0 Å². The molecule has 0 unspecified atom stereocenters. The Hall–Kier alpha value is -2.27. The van der Waals surface area contributed by atoms with Crippen LogP contribution < -0.4 is 10.1 Å². The second kappa shape index (κ2) is 6.45. The molecule has 5 nitrogen and oxygen atoms in total. The van der Waals surface area contributed by atoms with Crippen LogP contribution >= 0.6 is 11.6 Å². The van der Waals surface area contributed by atoms with Gasteiger partial charge in [0.1, 0.15) is 0 Å². The molecular formula is C15H15ClN2O3. The van der Waals surface area contributed by atoms with Crippen molar-refractivity contribution in [2.45, 2.75) is 13.5 Å². The number of hydrogen-bond donors (Lipinski definition) is 1. The van der Waals surface area contributed by atoms with Crippen LogP contribution in [0, 0.1) is 17.0 Å². The molecule has 0 aliphatic carbocycles. The summed E-state index contributed by atoms with van der Waals surface area (Å²) in [7, 11) is 1.41. The highest BCUT2D eigenvalue weighted by Crippen LogP contribution is 2.28. The van der Waals surface area contributed by atoms with Crippen LogP contribution in [0.2, 0.25) is 5.02 Å². The third-order valence-corrected chi connectivity index (χ3v) is 3.52. The number of ether oxygens (including phenoxy) is 1. The lowest BCUT2D eigenvalue weighted by atomic mass is 10.1. The van der Waals surface area contributed by atoms with Crippen LogP contribution in [-0.4, -0.2) is 12.0 Å². The summed E-state index contributed by atoms with van der Waals surface area (Å²) in [5, 5.41) is 14.8. The molecule has 0 heterocycles. The number of anilines is 1. The van der Waals surface area contributed by atoms with E-state index in [0.717, 1.165) is 16.8 Å². The summed E-state index contributed by atoms with van der Waals surface area (Å²) in [6.45, 7) is 2.39. The highest BCUT2D eigenvalue weighted by Gasteiger charge is 2.14. The maximum atomic E-state index is 11.0. The molecule has 0 saturated heterocycles. The average Bonchev–Trinajstić information content (AvgIpc) is 2.48. The second-order valence-corrected chi connectivity index (χ2v) is 4.99. The summed E-state index contributed by atoms with van der Waals surface area (Å²) in [5.41, 5.74) is 2.62. The van der Waals surface area contributed by atoms with Gasteiger partial charge in [-0.3, -0.25) is 10.1 Å². The molecule has 2 rings (SSSR count). The number of hydrogen-bond acceptors (Lipinski definition) is 4. The zero-order valence-electron chi connectivity index (χ0n) is 11.7. The van der Waals surface area contributed by atoms with Gasteiger partial charge in [0.2, 0.25) is 0 Å². The largest absolute Gasteiger partial charge is 0.490 e. The molecule has 21 heavy (non-hydrogen) atoms. The molecule has 0 spiro atoms. The number of benzene rings is 2. The van der Waals surface area contributed by atoms with E-state index in [9.17, 15) is 10.1 Å². The summed E-state index contributed by atoms with van der Waals surface area (Å²) in [6, 6.07) is 10.5. The van der Waals surface area contributed by atoms with Crippen molar-refractivity contribution in [1.82, 2.24) is 0 Å². The van der Waals surface area contributed by atoms with E-state index in [0.29, 0.717) is 11.6 Å². The number of nitro benzene ring substituents is 1. The SMILES string of the molecule is COc1ccc(CNc2ccc(C)c(Cl)c2)cc1[N+](=O)[O-]. The summed E-state index contributed by atoms with van der Waals surface area (Å²) in [6.07, 6.45) is 0. The van der Waals surface area contributed by atoms with Gasteiger partial charge in [-0.2, -0.15) is 0 Å². The first-order valence-corrected chi connectivity index (χ1v) is 6.70. The van der Waals surface area contributed by atoms with Gasteiger partial charge in [0, 0.05) is 23.3 Å². The minimum absolute atomic E-state index is 0.0428. The lowest BCUT2D eigenvalue weighted by Crippen LogP contribution is -2.01. The molecule has 0 saturated carbocycles. The molecule has 1 N–H and O–H groups in total. The number of nitro groups is 1. The van der Waals surface area contributed by atoms with Gasteiger partial charge in [-0.05, 0) is 36.2 Å². The summed E-state index contributed by atoms with van der Waals surface area (Å²) in [4.78, 5) is 10.5. The number of halogens is 1. The van der Waals surface area contributed by atoms with Crippen LogP contribution in [0.5, 0.6) is 5.75 Å². The highest BCUT2D eigenvalue weighted by molar-refractivity contribution is 6.31. The third kappa shape index (κ3) is 3.64. The van der Waals surface area contributed by atoms with Crippen molar-refractivity contribution < 1.29 is 9.66 Å². The van der Waals surface area contributed by atoms with Gasteiger partial charge in [0.15, 0.2) is 5.75 Å². The number of nitrogens with zero attached hydrogens (tertiary/aromatic N) is 1. The average molecular weight is 307 g/mol. The van der Waals surface area contributed by atoms with E-state index in [4.69, 9.17) is 16.3 Å². The molecule has 0 amide bonds. The topological polar surface area (TPSA) is 64.4 Å². The van der Waals surface area contributed by atoms with Crippen molar-refractivity contribution in [3.05, 3.63) is 62.7 Å². The Morgan fingerprint density at radius 3 is 2.67 bits per heavy atom. The van der Waals surface area contributed by atoms with Crippen LogP contribution in [0.4, 0.5) is 11.4 Å². The van der Waals surface area contributed by atoms with E-state index in [2.05, 4.69) is 5.32 Å². The van der Waals surface area contributed by atoms with Gasteiger partial charge in [-0.15, -0.1) is 0 Å². The molecule has 0 aromatic heterocycles. The van der Waals surface area contributed by atoms with Gasteiger partial charge < -0.3 is 10.1 Å². The molecule has 0 aliphatic heterocycles. The first-order chi connectivity index (χ1) is 10.0. The normalized spacial score (nSPS) is 10.2. The second-order valence-electron chi connectivity index (χ2n) is 4.58. The fraction of sp³-hybridized carbons (Fsp3) is 0.200. The monoisotopic (exact) mass is 306 g/mol. The van der Waals surface area contributed by atoms with Crippen LogP contribution in [0.1, 0.15) is 11.1 Å². The Morgan fingerprint density at radius 1 is 1.29 bits per heavy atom. The van der Waals surface area contributed by atoms with Crippen molar-refractivity contribution in [3.63, 3.8) is 0 Å². The molecule has 2 aromatic rings. The van der Waals surface area contributed by atoms with Crippen LogP contribution in [-0.2, 0) is 6.54 Å². The van der Waals surface area contributed by atoms with Crippen molar-refractivity contribution in [1.29, 1.82) is 0 Å². The van der Waals surface area contributed by atoms with Gasteiger partial charge >= 0.3 is 5.69 Å². The zero-order chi connectivity index (χ0) is 15.4. The maximum Gasteiger partial charge on any atom is 0.311 e. The van der Waals surface area contributed by atoms with Gasteiger partial charge in [-0.1, -0.05) is 23.7 Å². The predicted octanol–water partition coefficient (Wildman–Crippen LogP) is 4.18. The fourth-order valence-corrected chi connectivity index (χ4v) is 2.08. The predicted molar refractivity (Wildman–Crippen MR) is 83.2 cm³/mol. The van der Waals surface area contributed by atoms with Crippen molar-refractivity contribution in [2.24, 2.45) is 0 Å². The Bertz CT molecular complexity index is 674. The summed E-state index contributed by atoms with van der Waals surface area (Å²) >= 11 is 6.06. The Kier molecular flexibility index (Phi) is 4.65. The molecule has 2 aromatic carbocycles. The molecule has 0 radical (unpaired) electrons. The van der Waals surface area contributed by atoms with Crippen molar-refractivity contribution >= 4 is 23.0 Å². The third-order valence-electron chi connectivity index (χ3n) is 3.11. The number of aryl methyl sites for hydroxylation is 1. The molecule has 0 bridgehead atoms. The van der Waals surface area contributed by atoms with Crippen molar-refractivity contribution in [3.8, 4) is 5.75 Å². The lowest BCUT2D eigenvalue weighted by Gasteiger charge is -2.09. The standard InChI is InChI=1S/C15H15ClN2O3/c1-10-3-5-12(8-13(10)16)17-9-11-4-6-15(21-2)14(7-11)18(19)20/h3-8,17H,9H2,1-2H3. The summed E-state index contributed by atoms with van der Waals surface area (Å²) < 4.78 is 4.97. The maximum absolute atomic E-state index is 11.0. The molecule has 110 valence electrons. The number of methoxy groups -OCH3 is 1. The number of rotatable bonds is 5. The minimum atomic E-state index is -0.453. The Morgan fingerprint density at radius 2 is 2.05 bits per heavy atom. The van der Waals surface area contributed by atoms with E-state index in [1.54, 1.807) is 12.1 Å². The first-order valence-electron chi connectivity index (χ1n) is 6.32. The zero-order valence-corrected chi connectivity index (χ0v) is 12.5. The van der Waals surface area contributed by atoms with E-state index < -0.39 is 4.92 Å². The van der Waals surface area contributed by atoms with E-state index in [-0.39, 0.29) is 11.4 Å². The smallest absolute Gasteiger partial charge is 0.311 e. The molecule has 0 atom stereocenters. The highest BCUT2D eigenvalue weighted by atomic mass is 35.5. The molecular weight excluding hydrogens is 292 g/mol. The minimum Gasteiger partial charge on any atom is -0.490 e. The summed E-state index contributed by atoms with van der Waals surface area (Å²) in [5.74, 6) is 0.252. The first kappa shape index (κ1) is 15.1. The lowest BCUT2D eigenvalue weighted by molar-refractivity contribution is -0.385. The van der Waals surface area contributed by atoms with E-state index >= 15 is 0 Å². The van der Waals surface area contributed by atoms with Gasteiger partial charge in [0.05, 0.1) is 12.0 Å². The van der Waals surface area contributed by atoms with E-state index in [1.165, 1.54) is 13.2 Å². The molecule has 6 heteroatoms. The van der Waals surface area contributed by atoms with Crippen LogP contribution in [0.25, 0.3) is 0 Å². The van der Waals surface area contributed by atoms with E-state index in [1.807, 2.05) is 25.1 Å². The quantitative estimate of drug-likeness (QED) is 0.665. The van der Waals surface area contributed by atoms with Gasteiger partial charge in [-0.25, -0.2) is 0 Å². The number of nitrogens with one attached hydrogen (secondary N) is 1. The Balaban J connectivity index is 2.14. The Labute approximate surface area is 127 Å².